The van der Waals surface area contributed by atoms with E-state index in [0.29, 0.717) is 30.9 Å². The second-order valence-corrected chi connectivity index (χ2v) is 6.28. The van der Waals surface area contributed by atoms with Crippen molar-refractivity contribution in [3.63, 3.8) is 0 Å². The summed E-state index contributed by atoms with van der Waals surface area (Å²) in [5.74, 6) is -0.589. The zero-order valence-corrected chi connectivity index (χ0v) is 15.1. The molecule has 144 valence electrons. The fourth-order valence-electron chi connectivity index (χ4n) is 2.89. The van der Waals surface area contributed by atoms with Crippen molar-refractivity contribution in [3.05, 3.63) is 30.0 Å². The van der Waals surface area contributed by atoms with Gasteiger partial charge in [0.05, 0.1) is 19.6 Å². The number of morpholine rings is 1. The van der Waals surface area contributed by atoms with Gasteiger partial charge < -0.3 is 24.8 Å². The molecule has 0 radical (unpaired) electrons. The first-order valence-electron chi connectivity index (χ1n) is 8.79. The molecule has 3 rings (SSSR count). The van der Waals surface area contributed by atoms with Crippen molar-refractivity contribution in [1.29, 1.82) is 0 Å². The van der Waals surface area contributed by atoms with Crippen molar-refractivity contribution in [2.75, 3.05) is 32.8 Å². The molecule has 3 amide bonds. The molecule has 0 saturated carbocycles. The van der Waals surface area contributed by atoms with E-state index < -0.39 is 6.10 Å². The monoisotopic (exact) mass is 374 g/mol. The fourth-order valence-corrected chi connectivity index (χ4v) is 2.89. The molecular weight excluding hydrogens is 352 g/mol. The number of nitrogens with one attached hydrogen (secondary N) is 2. The zero-order valence-electron chi connectivity index (χ0n) is 15.1. The average Bonchev–Trinajstić information content (AvgIpc) is 3.08. The minimum Gasteiger partial charge on any atom is -0.365 e. The standard InChI is InChI=1S/C18H22N4O5/c1-12(23)19-6-7-20-18(25)16-11-22(8-9-26-16)17(24)10-14-13-4-2-3-5-15(13)27-21-14/h2-5,16H,6-11H2,1H3,(H,19,23)(H,20,25)/t16-/m0/s1. The molecule has 0 bridgehead atoms. The Morgan fingerprint density at radius 2 is 2.00 bits per heavy atom. The van der Waals surface area contributed by atoms with E-state index in [1.54, 1.807) is 11.0 Å². The van der Waals surface area contributed by atoms with Crippen LogP contribution in [0.2, 0.25) is 0 Å². The van der Waals surface area contributed by atoms with Crippen LogP contribution in [0.15, 0.2) is 28.8 Å². The molecule has 1 aliphatic heterocycles. The number of fused-ring (bicyclic) bond motifs is 1. The van der Waals surface area contributed by atoms with Crippen LogP contribution in [0.5, 0.6) is 0 Å². The SMILES string of the molecule is CC(=O)NCCNC(=O)[C@@H]1CN(C(=O)Cc2noc3ccccc23)CCO1. The number of nitrogens with zero attached hydrogens (tertiary/aromatic N) is 2. The molecule has 1 fully saturated rings. The van der Waals surface area contributed by atoms with Crippen molar-refractivity contribution in [2.24, 2.45) is 0 Å². The Balaban J connectivity index is 1.53. The molecule has 2 N–H and O–H groups in total. The molecule has 2 aromatic rings. The van der Waals surface area contributed by atoms with Gasteiger partial charge in [0.25, 0.3) is 5.91 Å². The minimum atomic E-state index is -0.728. The Bertz CT molecular complexity index is 834. The third kappa shape index (κ3) is 4.82. The summed E-state index contributed by atoms with van der Waals surface area (Å²) in [6.45, 7) is 2.94. The first-order chi connectivity index (χ1) is 13.0. The number of amides is 3. The van der Waals surface area contributed by atoms with Crippen LogP contribution >= 0.6 is 0 Å². The highest BCUT2D eigenvalue weighted by Crippen LogP contribution is 2.19. The second-order valence-electron chi connectivity index (χ2n) is 6.28. The number of benzene rings is 1. The summed E-state index contributed by atoms with van der Waals surface area (Å²) in [6.07, 6.45) is -0.623. The van der Waals surface area contributed by atoms with E-state index in [2.05, 4.69) is 15.8 Å². The quantitative estimate of drug-likeness (QED) is 0.680. The molecule has 0 unspecified atom stereocenters. The molecule has 1 aromatic carbocycles. The lowest BCUT2D eigenvalue weighted by atomic mass is 10.1. The van der Waals surface area contributed by atoms with E-state index in [9.17, 15) is 14.4 Å². The Morgan fingerprint density at radius 1 is 1.22 bits per heavy atom. The van der Waals surface area contributed by atoms with E-state index in [1.807, 2.05) is 18.2 Å². The van der Waals surface area contributed by atoms with Crippen molar-refractivity contribution in [1.82, 2.24) is 20.7 Å². The van der Waals surface area contributed by atoms with E-state index >= 15 is 0 Å². The topological polar surface area (TPSA) is 114 Å². The maximum absolute atomic E-state index is 12.6. The molecule has 1 aliphatic rings. The molecule has 9 heteroatoms. The van der Waals surface area contributed by atoms with Gasteiger partial charge in [0.1, 0.15) is 5.69 Å². The van der Waals surface area contributed by atoms with Crippen LogP contribution in [0.1, 0.15) is 12.6 Å². The van der Waals surface area contributed by atoms with Gasteiger partial charge in [-0.2, -0.15) is 0 Å². The van der Waals surface area contributed by atoms with Gasteiger partial charge in [0, 0.05) is 31.9 Å². The third-order valence-corrected chi connectivity index (χ3v) is 4.28. The summed E-state index contributed by atoms with van der Waals surface area (Å²) >= 11 is 0. The maximum atomic E-state index is 12.6. The van der Waals surface area contributed by atoms with Gasteiger partial charge in [-0.1, -0.05) is 17.3 Å². The summed E-state index contributed by atoms with van der Waals surface area (Å²) in [5.41, 5.74) is 1.22. The largest absolute Gasteiger partial charge is 0.365 e. The van der Waals surface area contributed by atoms with Gasteiger partial charge in [-0.3, -0.25) is 14.4 Å². The van der Waals surface area contributed by atoms with Crippen LogP contribution in [0.4, 0.5) is 0 Å². The zero-order chi connectivity index (χ0) is 19.2. The van der Waals surface area contributed by atoms with Crippen LogP contribution in [0.3, 0.4) is 0 Å². The first-order valence-corrected chi connectivity index (χ1v) is 8.79. The van der Waals surface area contributed by atoms with Crippen LogP contribution in [-0.2, 0) is 25.5 Å². The van der Waals surface area contributed by atoms with E-state index in [1.165, 1.54) is 6.92 Å². The predicted molar refractivity (Wildman–Crippen MR) is 95.7 cm³/mol. The maximum Gasteiger partial charge on any atom is 0.251 e. The van der Waals surface area contributed by atoms with Crippen LogP contribution < -0.4 is 10.6 Å². The normalized spacial score (nSPS) is 16.9. The molecule has 1 saturated heterocycles. The number of hydrogen-bond acceptors (Lipinski definition) is 6. The van der Waals surface area contributed by atoms with Crippen molar-refractivity contribution in [3.8, 4) is 0 Å². The van der Waals surface area contributed by atoms with Gasteiger partial charge in [0.15, 0.2) is 11.7 Å². The molecule has 1 aromatic heterocycles. The molecule has 1 atom stereocenters. The summed E-state index contributed by atoms with van der Waals surface area (Å²) in [7, 11) is 0. The van der Waals surface area contributed by atoms with Crippen LogP contribution in [0.25, 0.3) is 11.0 Å². The lowest BCUT2D eigenvalue weighted by Crippen LogP contribution is -2.52. The summed E-state index contributed by atoms with van der Waals surface area (Å²) < 4.78 is 10.7. The van der Waals surface area contributed by atoms with Crippen molar-refractivity contribution in [2.45, 2.75) is 19.4 Å². The fraction of sp³-hybridized carbons (Fsp3) is 0.444. The smallest absolute Gasteiger partial charge is 0.251 e. The number of carbonyl (C=O) groups excluding carboxylic acids is 3. The van der Waals surface area contributed by atoms with Gasteiger partial charge in [-0.25, -0.2) is 0 Å². The summed E-state index contributed by atoms with van der Waals surface area (Å²) in [6, 6.07) is 7.37. The number of ether oxygens (including phenoxy) is 1. The Kier molecular flexibility index (Phi) is 6.02. The molecule has 0 aliphatic carbocycles. The van der Waals surface area contributed by atoms with Gasteiger partial charge in [-0.05, 0) is 12.1 Å². The average molecular weight is 374 g/mol. The number of aromatic nitrogens is 1. The number of hydrogen-bond donors (Lipinski definition) is 2. The molecule has 27 heavy (non-hydrogen) atoms. The van der Waals surface area contributed by atoms with E-state index in [4.69, 9.17) is 9.26 Å². The minimum absolute atomic E-state index is 0.105. The third-order valence-electron chi connectivity index (χ3n) is 4.28. The lowest BCUT2D eigenvalue weighted by molar-refractivity contribution is -0.146. The van der Waals surface area contributed by atoms with Gasteiger partial charge >= 0.3 is 0 Å². The highest BCUT2D eigenvalue weighted by atomic mass is 16.5. The molecule has 0 spiro atoms. The Hall–Kier alpha value is -2.94. The van der Waals surface area contributed by atoms with Crippen LogP contribution in [0, 0.1) is 0 Å². The van der Waals surface area contributed by atoms with Crippen molar-refractivity contribution < 1.29 is 23.6 Å². The van der Waals surface area contributed by atoms with Gasteiger partial charge in [-0.15, -0.1) is 0 Å². The van der Waals surface area contributed by atoms with Crippen molar-refractivity contribution >= 4 is 28.7 Å². The number of carbonyl (C=O) groups is 3. The summed E-state index contributed by atoms with van der Waals surface area (Å²) in [4.78, 5) is 37.2. The Morgan fingerprint density at radius 3 is 2.81 bits per heavy atom. The first kappa shape index (κ1) is 18.8. The molecule has 9 nitrogen and oxygen atoms in total. The summed E-state index contributed by atoms with van der Waals surface area (Å²) in [5, 5.41) is 10.1. The predicted octanol–water partition coefficient (Wildman–Crippen LogP) is -0.150. The van der Waals surface area contributed by atoms with Crippen LogP contribution in [-0.4, -0.2) is 66.7 Å². The molecular formula is C18H22N4O5. The lowest BCUT2D eigenvalue weighted by Gasteiger charge is -2.32. The number of para-hydroxylation sites is 1. The Labute approximate surface area is 156 Å². The van der Waals surface area contributed by atoms with E-state index in [0.717, 1.165) is 5.39 Å². The molecule has 2 heterocycles. The number of rotatable bonds is 6. The van der Waals surface area contributed by atoms with E-state index in [-0.39, 0.29) is 37.3 Å². The second kappa shape index (κ2) is 8.63. The highest BCUT2D eigenvalue weighted by Gasteiger charge is 2.29. The highest BCUT2D eigenvalue weighted by molar-refractivity contribution is 5.87. The van der Waals surface area contributed by atoms with Gasteiger partial charge in [0.2, 0.25) is 11.8 Å².